The van der Waals surface area contributed by atoms with Crippen LogP contribution in [0.3, 0.4) is 0 Å². The van der Waals surface area contributed by atoms with Gasteiger partial charge < -0.3 is 4.52 Å². The van der Waals surface area contributed by atoms with E-state index >= 15 is 0 Å². The highest BCUT2D eigenvalue weighted by molar-refractivity contribution is 6.08. The van der Waals surface area contributed by atoms with Gasteiger partial charge in [0.25, 0.3) is 0 Å². The lowest BCUT2D eigenvalue weighted by molar-refractivity contribution is -0.0402. The molecule has 0 amide bonds. The summed E-state index contributed by atoms with van der Waals surface area (Å²) in [5, 5.41) is 3.95. The molecule has 0 saturated heterocycles. The lowest BCUT2D eigenvalue weighted by Crippen LogP contribution is -2.23. The number of benzene rings is 1. The summed E-state index contributed by atoms with van der Waals surface area (Å²) in [5.74, 6) is -1.65. The fourth-order valence-electron chi connectivity index (χ4n) is 2.60. The second kappa shape index (κ2) is 5.58. The number of nitrogens with zero attached hydrogens (tertiary/aromatic N) is 2. The highest BCUT2D eigenvalue weighted by atomic mass is 19.3. The first-order valence-corrected chi connectivity index (χ1v) is 7.08. The molecule has 3 nitrogen and oxygen atoms in total. The van der Waals surface area contributed by atoms with Crippen LogP contribution in [0.4, 0.5) is 8.78 Å². The van der Waals surface area contributed by atoms with Crippen LogP contribution in [-0.2, 0) is 6.32 Å². The third kappa shape index (κ3) is 3.14. The first-order valence-electron chi connectivity index (χ1n) is 7.08. The van der Waals surface area contributed by atoms with Crippen molar-refractivity contribution >= 4 is 7.85 Å². The monoisotopic (exact) mass is 288 g/mol. The standard InChI is InChI=1S/C15H15BF2N2O/c16-9-10-1-3-11(4-2-10)13-19-14(21-20-13)12-5-7-15(17,18)8-6-12/h1-4,12H,5-9H2. The van der Waals surface area contributed by atoms with E-state index in [-0.39, 0.29) is 18.8 Å². The molecule has 108 valence electrons. The van der Waals surface area contributed by atoms with Crippen molar-refractivity contribution in [2.75, 3.05) is 0 Å². The number of hydrogen-bond acceptors (Lipinski definition) is 3. The topological polar surface area (TPSA) is 38.9 Å². The van der Waals surface area contributed by atoms with Gasteiger partial charge in [-0.05, 0) is 12.8 Å². The van der Waals surface area contributed by atoms with E-state index in [1.165, 1.54) is 0 Å². The predicted molar refractivity (Wildman–Crippen MR) is 75.3 cm³/mol. The van der Waals surface area contributed by atoms with Gasteiger partial charge in [0.05, 0.1) is 7.85 Å². The molecule has 2 aromatic rings. The van der Waals surface area contributed by atoms with Crippen molar-refractivity contribution in [3.05, 3.63) is 35.7 Å². The summed E-state index contributed by atoms with van der Waals surface area (Å²) in [6, 6.07) is 7.58. The first-order chi connectivity index (χ1) is 10.1. The van der Waals surface area contributed by atoms with Gasteiger partial charge in [0.1, 0.15) is 0 Å². The van der Waals surface area contributed by atoms with E-state index in [0.717, 1.165) is 11.1 Å². The van der Waals surface area contributed by atoms with Crippen molar-refractivity contribution in [3.63, 3.8) is 0 Å². The Kier molecular flexibility index (Phi) is 3.78. The van der Waals surface area contributed by atoms with Gasteiger partial charge in [0, 0.05) is 24.3 Å². The Morgan fingerprint density at radius 2 is 1.86 bits per heavy atom. The Bertz CT molecular complexity index is 602. The van der Waals surface area contributed by atoms with Crippen LogP contribution in [-0.4, -0.2) is 23.9 Å². The van der Waals surface area contributed by atoms with E-state index in [4.69, 9.17) is 12.4 Å². The predicted octanol–water partition coefficient (Wildman–Crippen LogP) is 3.70. The fourth-order valence-corrected chi connectivity index (χ4v) is 2.60. The van der Waals surface area contributed by atoms with E-state index in [1.807, 2.05) is 24.3 Å². The van der Waals surface area contributed by atoms with Crippen molar-refractivity contribution in [2.24, 2.45) is 0 Å². The van der Waals surface area contributed by atoms with Gasteiger partial charge in [-0.15, -0.1) is 0 Å². The highest BCUT2D eigenvalue weighted by Crippen LogP contribution is 2.40. The van der Waals surface area contributed by atoms with Crippen LogP contribution in [0.1, 0.15) is 43.1 Å². The molecule has 1 aromatic heterocycles. The number of aromatic nitrogens is 2. The molecule has 0 unspecified atom stereocenters. The minimum absolute atomic E-state index is 0.0609. The maximum atomic E-state index is 13.2. The molecule has 1 heterocycles. The molecular formula is C15H15BF2N2O. The largest absolute Gasteiger partial charge is 0.339 e. The molecule has 1 aliphatic carbocycles. The summed E-state index contributed by atoms with van der Waals surface area (Å²) in [4.78, 5) is 4.35. The van der Waals surface area contributed by atoms with E-state index < -0.39 is 5.92 Å². The van der Waals surface area contributed by atoms with Gasteiger partial charge in [0.15, 0.2) is 0 Å². The van der Waals surface area contributed by atoms with Crippen LogP contribution in [0.15, 0.2) is 28.8 Å². The second-order valence-electron chi connectivity index (χ2n) is 5.49. The molecule has 1 saturated carbocycles. The molecule has 0 aliphatic heterocycles. The molecule has 21 heavy (non-hydrogen) atoms. The van der Waals surface area contributed by atoms with Gasteiger partial charge in [-0.2, -0.15) is 4.98 Å². The quantitative estimate of drug-likeness (QED) is 0.808. The van der Waals surface area contributed by atoms with Crippen molar-refractivity contribution in [1.29, 1.82) is 0 Å². The van der Waals surface area contributed by atoms with Crippen molar-refractivity contribution < 1.29 is 13.3 Å². The number of alkyl halides is 2. The first kappa shape index (κ1) is 14.2. The Labute approximate surface area is 123 Å². The Balaban J connectivity index is 1.74. The number of hydrogen-bond donors (Lipinski definition) is 0. The summed E-state index contributed by atoms with van der Waals surface area (Å²) in [6.07, 6.45) is 1.04. The van der Waals surface area contributed by atoms with Gasteiger partial charge in [-0.1, -0.05) is 41.3 Å². The van der Waals surface area contributed by atoms with Crippen LogP contribution in [0.5, 0.6) is 0 Å². The average Bonchev–Trinajstić information content (AvgIpc) is 2.97. The molecule has 1 fully saturated rings. The molecule has 0 atom stereocenters. The molecule has 0 N–H and O–H groups in total. The molecule has 3 rings (SSSR count). The highest BCUT2D eigenvalue weighted by Gasteiger charge is 2.37. The van der Waals surface area contributed by atoms with Crippen LogP contribution >= 0.6 is 0 Å². The summed E-state index contributed by atoms with van der Waals surface area (Å²) >= 11 is 0. The zero-order chi connectivity index (χ0) is 14.9. The van der Waals surface area contributed by atoms with Crippen LogP contribution < -0.4 is 0 Å². The third-order valence-corrected chi connectivity index (χ3v) is 3.96. The fraction of sp³-hybridized carbons (Fsp3) is 0.467. The van der Waals surface area contributed by atoms with Crippen LogP contribution in [0.2, 0.25) is 0 Å². The lowest BCUT2D eigenvalue weighted by atomic mass is 9.87. The van der Waals surface area contributed by atoms with Gasteiger partial charge in [-0.3, -0.25) is 0 Å². The van der Waals surface area contributed by atoms with Gasteiger partial charge in [0.2, 0.25) is 17.6 Å². The Morgan fingerprint density at radius 1 is 1.19 bits per heavy atom. The normalized spacial score (nSPS) is 18.8. The van der Waals surface area contributed by atoms with Gasteiger partial charge >= 0.3 is 0 Å². The second-order valence-corrected chi connectivity index (χ2v) is 5.49. The number of rotatable bonds is 3. The van der Waals surface area contributed by atoms with E-state index in [9.17, 15) is 8.78 Å². The number of halogens is 2. The smallest absolute Gasteiger partial charge is 0.248 e. The minimum Gasteiger partial charge on any atom is -0.339 e. The average molecular weight is 288 g/mol. The molecule has 0 spiro atoms. The summed E-state index contributed by atoms with van der Waals surface area (Å²) in [6.45, 7) is 0. The summed E-state index contributed by atoms with van der Waals surface area (Å²) in [5.41, 5.74) is 1.86. The van der Waals surface area contributed by atoms with E-state index in [2.05, 4.69) is 10.1 Å². The molecule has 0 bridgehead atoms. The molecule has 1 aromatic carbocycles. The van der Waals surface area contributed by atoms with E-state index in [1.54, 1.807) is 0 Å². The third-order valence-electron chi connectivity index (χ3n) is 3.96. The zero-order valence-electron chi connectivity index (χ0n) is 11.6. The van der Waals surface area contributed by atoms with Crippen molar-refractivity contribution in [2.45, 2.75) is 43.8 Å². The molecule has 2 radical (unpaired) electrons. The van der Waals surface area contributed by atoms with Crippen LogP contribution in [0.25, 0.3) is 11.4 Å². The summed E-state index contributed by atoms with van der Waals surface area (Å²) in [7, 11) is 5.55. The van der Waals surface area contributed by atoms with Gasteiger partial charge in [-0.25, -0.2) is 8.78 Å². The minimum atomic E-state index is -2.54. The maximum Gasteiger partial charge on any atom is 0.248 e. The van der Waals surface area contributed by atoms with Crippen LogP contribution in [0, 0.1) is 0 Å². The molecular weight excluding hydrogens is 273 g/mol. The molecule has 1 aliphatic rings. The molecule has 6 heteroatoms. The van der Waals surface area contributed by atoms with E-state index in [0.29, 0.717) is 30.9 Å². The summed E-state index contributed by atoms with van der Waals surface area (Å²) < 4.78 is 31.6. The SMILES string of the molecule is [B]Cc1ccc(-c2noc(C3CCC(F)(F)CC3)n2)cc1. The van der Waals surface area contributed by atoms with Crippen molar-refractivity contribution in [3.8, 4) is 11.4 Å². The zero-order valence-corrected chi connectivity index (χ0v) is 11.6. The lowest BCUT2D eigenvalue weighted by Gasteiger charge is -2.25. The Hall–Kier alpha value is -1.72. The maximum absolute atomic E-state index is 13.2. The van der Waals surface area contributed by atoms with Crippen molar-refractivity contribution in [1.82, 2.24) is 10.1 Å². The Morgan fingerprint density at radius 3 is 2.48 bits per heavy atom.